The SMILES string of the molecule is CCC(C)N(CC)CCCN(CCCN(CC)C(C)C)CCCn1ccnc1. The van der Waals surface area contributed by atoms with Crippen molar-refractivity contribution in [2.45, 2.75) is 85.9 Å². The third kappa shape index (κ3) is 10.0. The van der Waals surface area contributed by atoms with Crippen LogP contribution in [0.25, 0.3) is 0 Å². The van der Waals surface area contributed by atoms with Gasteiger partial charge in [0.15, 0.2) is 0 Å². The number of imidazole rings is 1. The molecule has 0 saturated heterocycles. The third-order valence-electron chi connectivity index (χ3n) is 6.05. The van der Waals surface area contributed by atoms with E-state index in [2.05, 4.69) is 72.0 Å². The molecule has 0 saturated carbocycles. The van der Waals surface area contributed by atoms with Crippen molar-refractivity contribution in [2.75, 3.05) is 45.8 Å². The fourth-order valence-corrected chi connectivity index (χ4v) is 3.96. The predicted molar refractivity (Wildman–Crippen MR) is 122 cm³/mol. The number of rotatable bonds is 17. The Morgan fingerprint density at radius 1 is 0.821 bits per heavy atom. The summed E-state index contributed by atoms with van der Waals surface area (Å²) in [5, 5.41) is 0. The highest BCUT2D eigenvalue weighted by atomic mass is 15.2. The van der Waals surface area contributed by atoms with Crippen LogP contribution in [0.5, 0.6) is 0 Å². The highest BCUT2D eigenvalue weighted by Crippen LogP contribution is 2.07. The van der Waals surface area contributed by atoms with E-state index in [1.165, 1.54) is 58.4 Å². The van der Waals surface area contributed by atoms with Crippen LogP contribution in [-0.4, -0.2) is 82.1 Å². The second kappa shape index (κ2) is 15.0. The van der Waals surface area contributed by atoms with E-state index >= 15 is 0 Å². The minimum absolute atomic E-state index is 0.647. The summed E-state index contributed by atoms with van der Waals surface area (Å²) in [6.45, 7) is 23.2. The Labute approximate surface area is 175 Å². The summed E-state index contributed by atoms with van der Waals surface area (Å²) in [4.78, 5) is 12.0. The van der Waals surface area contributed by atoms with Crippen LogP contribution in [0.1, 0.15) is 67.2 Å². The maximum Gasteiger partial charge on any atom is 0.0945 e. The summed E-state index contributed by atoms with van der Waals surface area (Å²) in [5.41, 5.74) is 0. The van der Waals surface area contributed by atoms with Crippen LogP contribution < -0.4 is 0 Å². The second-order valence-corrected chi connectivity index (χ2v) is 8.31. The highest BCUT2D eigenvalue weighted by molar-refractivity contribution is 4.74. The van der Waals surface area contributed by atoms with Gasteiger partial charge in [0.2, 0.25) is 0 Å². The molecule has 0 radical (unpaired) electrons. The van der Waals surface area contributed by atoms with Crippen molar-refractivity contribution in [1.82, 2.24) is 24.3 Å². The molecular weight excluding hydrogens is 346 g/mol. The fraction of sp³-hybridized carbons (Fsp3) is 0.870. The summed E-state index contributed by atoms with van der Waals surface area (Å²) in [5.74, 6) is 0. The zero-order chi connectivity index (χ0) is 20.8. The minimum Gasteiger partial charge on any atom is -0.337 e. The molecule has 1 heterocycles. The first-order valence-electron chi connectivity index (χ1n) is 11.7. The van der Waals surface area contributed by atoms with Crippen LogP contribution in [0.4, 0.5) is 0 Å². The van der Waals surface area contributed by atoms with Gasteiger partial charge < -0.3 is 19.3 Å². The first-order chi connectivity index (χ1) is 13.5. The first-order valence-corrected chi connectivity index (χ1v) is 11.7. The van der Waals surface area contributed by atoms with Gasteiger partial charge in [-0.05, 0) is 92.3 Å². The topological polar surface area (TPSA) is 27.5 Å². The molecule has 5 nitrogen and oxygen atoms in total. The zero-order valence-electron chi connectivity index (χ0n) is 19.6. The lowest BCUT2D eigenvalue weighted by Gasteiger charge is -2.30. The second-order valence-electron chi connectivity index (χ2n) is 8.31. The third-order valence-corrected chi connectivity index (χ3v) is 6.05. The summed E-state index contributed by atoms with van der Waals surface area (Å²) >= 11 is 0. The van der Waals surface area contributed by atoms with Crippen molar-refractivity contribution < 1.29 is 0 Å². The molecule has 0 aliphatic rings. The van der Waals surface area contributed by atoms with Gasteiger partial charge in [-0.25, -0.2) is 4.98 Å². The molecule has 0 fully saturated rings. The van der Waals surface area contributed by atoms with Gasteiger partial charge in [0.1, 0.15) is 0 Å². The van der Waals surface area contributed by atoms with E-state index < -0.39 is 0 Å². The number of aromatic nitrogens is 2. The monoisotopic (exact) mass is 393 g/mol. The number of aryl methyl sites for hydroxylation is 1. The molecule has 164 valence electrons. The molecule has 0 N–H and O–H groups in total. The molecule has 1 unspecified atom stereocenters. The van der Waals surface area contributed by atoms with Crippen molar-refractivity contribution in [1.29, 1.82) is 0 Å². The highest BCUT2D eigenvalue weighted by Gasteiger charge is 2.12. The van der Waals surface area contributed by atoms with Gasteiger partial charge in [-0.2, -0.15) is 0 Å². The van der Waals surface area contributed by atoms with E-state index in [0.29, 0.717) is 12.1 Å². The molecule has 0 spiro atoms. The van der Waals surface area contributed by atoms with Gasteiger partial charge in [-0.1, -0.05) is 20.8 Å². The van der Waals surface area contributed by atoms with Crippen LogP contribution >= 0.6 is 0 Å². The molecule has 1 atom stereocenters. The molecule has 0 aliphatic carbocycles. The average Bonchev–Trinajstić information content (AvgIpc) is 3.20. The van der Waals surface area contributed by atoms with Crippen molar-refractivity contribution in [3.8, 4) is 0 Å². The van der Waals surface area contributed by atoms with Crippen LogP contribution in [-0.2, 0) is 6.54 Å². The quantitative estimate of drug-likeness (QED) is 0.396. The Morgan fingerprint density at radius 3 is 1.93 bits per heavy atom. The molecule has 28 heavy (non-hydrogen) atoms. The molecule has 0 aromatic carbocycles. The zero-order valence-corrected chi connectivity index (χ0v) is 19.6. The van der Waals surface area contributed by atoms with Gasteiger partial charge >= 0.3 is 0 Å². The largest absolute Gasteiger partial charge is 0.337 e. The number of hydrogen-bond donors (Lipinski definition) is 0. The molecule has 0 bridgehead atoms. The Balaban J connectivity index is 2.44. The van der Waals surface area contributed by atoms with Crippen molar-refractivity contribution in [3.63, 3.8) is 0 Å². The summed E-state index contributed by atoms with van der Waals surface area (Å²) in [7, 11) is 0. The normalized spacial score (nSPS) is 13.4. The van der Waals surface area contributed by atoms with Crippen molar-refractivity contribution in [2.24, 2.45) is 0 Å². The van der Waals surface area contributed by atoms with E-state index in [4.69, 9.17) is 0 Å². The molecule has 1 aromatic rings. The Bertz CT molecular complexity index is 460. The maximum atomic E-state index is 4.16. The smallest absolute Gasteiger partial charge is 0.0945 e. The summed E-state index contributed by atoms with van der Waals surface area (Å²) in [6.07, 6.45) is 10.8. The Hall–Kier alpha value is -0.910. The molecule has 1 aromatic heterocycles. The van der Waals surface area contributed by atoms with Gasteiger partial charge in [0.25, 0.3) is 0 Å². The first kappa shape index (κ1) is 25.1. The van der Waals surface area contributed by atoms with E-state index in [9.17, 15) is 0 Å². The molecule has 1 rings (SSSR count). The Morgan fingerprint density at radius 2 is 1.43 bits per heavy atom. The van der Waals surface area contributed by atoms with Gasteiger partial charge in [-0.15, -0.1) is 0 Å². The summed E-state index contributed by atoms with van der Waals surface area (Å²) < 4.78 is 2.19. The molecule has 0 amide bonds. The average molecular weight is 394 g/mol. The van der Waals surface area contributed by atoms with E-state index in [1.54, 1.807) is 0 Å². The van der Waals surface area contributed by atoms with Crippen molar-refractivity contribution in [3.05, 3.63) is 18.7 Å². The van der Waals surface area contributed by atoms with Crippen LogP contribution in [0.15, 0.2) is 18.7 Å². The number of hydrogen-bond acceptors (Lipinski definition) is 4. The molecular formula is C23H47N5. The maximum absolute atomic E-state index is 4.16. The standard InChI is InChI=1S/C23H47N5/c1-7-23(6)28(9-3)19-12-16-25(14-10-17-26-20-13-24-21-26)15-11-18-27(8-2)22(4)5/h13,20-23H,7-12,14-19H2,1-6H3. The lowest BCUT2D eigenvalue weighted by molar-refractivity contribution is 0.178. The van der Waals surface area contributed by atoms with Crippen molar-refractivity contribution >= 4 is 0 Å². The predicted octanol–water partition coefficient (Wildman–Crippen LogP) is 4.21. The number of nitrogens with zero attached hydrogens (tertiary/aromatic N) is 5. The van der Waals surface area contributed by atoms with Crippen LogP contribution in [0, 0.1) is 0 Å². The fourth-order valence-electron chi connectivity index (χ4n) is 3.96. The van der Waals surface area contributed by atoms with Crippen LogP contribution in [0.2, 0.25) is 0 Å². The van der Waals surface area contributed by atoms with Gasteiger partial charge in [0, 0.05) is 31.0 Å². The van der Waals surface area contributed by atoms with Crippen LogP contribution in [0.3, 0.4) is 0 Å². The van der Waals surface area contributed by atoms with E-state index in [-0.39, 0.29) is 0 Å². The van der Waals surface area contributed by atoms with E-state index in [0.717, 1.165) is 19.6 Å². The molecule has 5 heteroatoms. The summed E-state index contributed by atoms with van der Waals surface area (Å²) in [6, 6.07) is 1.34. The van der Waals surface area contributed by atoms with Gasteiger partial charge in [-0.3, -0.25) is 0 Å². The minimum atomic E-state index is 0.647. The lowest BCUT2D eigenvalue weighted by atomic mass is 10.2. The van der Waals surface area contributed by atoms with Gasteiger partial charge in [0.05, 0.1) is 6.33 Å². The van der Waals surface area contributed by atoms with E-state index in [1.807, 2.05) is 12.5 Å². The lowest BCUT2D eigenvalue weighted by Crippen LogP contribution is -2.37. The Kier molecular flexibility index (Phi) is 13.5. The molecule has 0 aliphatic heterocycles.